The summed E-state index contributed by atoms with van der Waals surface area (Å²) < 4.78 is 4.99. The van der Waals surface area contributed by atoms with E-state index in [-0.39, 0.29) is 5.69 Å². The normalized spacial score (nSPS) is 10.6. The molecule has 0 radical (unpaired) electrons. The van der Waals surface area contributed by atoms with E-state index in [2.05, 4.69) is 9.97 Å². The lowest BCUT2D eigenvalue weighted by atomic mass is 10.1. The van der Waals surface area contributed by atoms with Crippen LogP contribution in [0.15, 0.2) is 12.1 Å². The van der Waals surface area contributed by atoms with Crippen LogP contribution in [0.3, 0.4) is 0 Å². The molecule has 0 spiro atoms. The summed E-state index contributed by atoms with van der Waals surface area (Å²) in [5.41, 5.74) is 1.53. The minimum absolute atomic E-state index is 0.207. The van der Waals surface area contributed by atoms with Crippen molar-refractivity contribution >= 4 is 17.0 Å². The number of aromatic nitrogens is 2. The van der Waals surface area contributed by atoms with Crippen LogP contribution in [0.4, 0.5) is 0 Å². The molecule has 5 heteroatoms. The SMILES string of the molecule is CCc1c(C(=O)O)[nH]c2nc(OC)ccc12. The Bertz CT molecular complexity index is 545. The molecular formula is C11H12N2O3. The Morgan fingerprint density at radius 1 is 1.56 bits per heavy atom. The van der Waals surface area contributed by atoms with Gasteiger partial charge in [0.15, 0.2) is 0 Å². The molecule has 0 atom stereocenters. The maximum Gasteiger partial charge on any atom is 0.352 e. The average molecular weight is 220 g/mol. The molecule has 2 rings (SSSR count). The Kier molecular flexibility index (Phi) is 2.52. The zero-order valence-corrected chi connectivity index (χ0v) is 9.07. The molecular weight excluding hydrogens is 208 g/mol. The number of nitrogens with one attached hydrogen (secondary N) is 1. The maximum atomic E-state index is 11.0. The summed E-state index contributed by atoms with van der Waals surface area (Å²) in [4.78, 5) is 18.0. The molecule has 84 valence electrons. The lowest BCUT2D eigenvalue weighted by Gasteiger charge is -1.98. The number of aromatic amines is 1. The van der Waals surface area contributed by atoms with E-state index < -0.39 is 5.97 Å². The molecule has 0 aliphatic rings. The number of H-pyrrole nitrogens is 1. The van der Waals surface area contributed by atoms with Crippen molar-refractivity contribution < 1.29 is 14.6 Å². The summed E-state index contributed by atoms with van der Waals surface area (Å²) in [6.07, 6.45) is 0.648. The smallest absolute Gasteiger partial charge is 0.352 e. The maximum absolute atomic E-state index is 11.0. The fourth-order valence-corrected chi connectivity index (χ4v) is 1.77. The summed E-state index contributed by atoms with van der Waals surface area (Å²) in [6.45, 7) is 1.92. The number of ether oxygens (including phenoxy) is 1. The van der Waals surface area contributed by atoms with Crippen molar-refractivity contribution in [2.45, 2.75) is 13.3 Å². The summed E-state index contributed by atoms with van der Waals surface area (Å²) in [6, 6.07) is 3.55. The van der Waals surface area contributed by atoms with E-state index in [1.165, 1.54) is 7.11 Å². The number of carboxylic acid groups (broad SMARTS) is 1. The molecule has 0 bridgehead atoms. The van der Waals surface area contributed by atoms with Gasteiger partial charge in [0.05, 0.1) is 7.11 Å². The topological polar surface area (TPSA) is 75.2 Å². The first-order valence-corrected chi connectivity index (χ1v) is 4.96. The molecule has 0 amide bonds. The molecule has 16 heavy (non-hydrogen) atoms. The molecule has 0 fully saturated rings. The van der Waals surface area contributed by atoms with Gasteiger partial charge in [0, 0.05) is 11.5 Å². The Labute approximate surface area is 92.1 Å². The number of carbonyl (C=O) groups is 1. The largest absolute Gasteiger partial charge is 0.481 e. The molecule has 2 N–H and O–H groups in total. The fraction of sp³-hybridized carbons (Fsp3) is 0.273. The minimum Gasteiger partial charge on any atom is -0.481 e. The number of fused-ring (bicyclic) bond motifs is 1. The highest BCUT2D eigenvalue weighted by molar-refractivity contribution is 5.96. The van der Waals surface area contributed by atoms with E-state index in [0.717, 1.165) is 10.9 Å². The van der Waals surface area contributed by atoms with Crippen molar-refractivity contribution in [2.24, 2.45) is 0 Å². The Morgan fingerprint density at radius 3 is 2.88 bits per heavy atom. The number of aryl methyl sites for hydroxylation is 1. The Hall–Kier alpha value is -2.04. The van der Waals surface area contributed by atoms with Gasteiger partial charge in [0.25, 0.3) is 0 Å². The first-order valence-electron chi connectivity index (χ1n) is 4.96. The van der Waals surface area contributed by atoms with E-state index >= 15 is 0 Å². The molecule has 2 aromatic heterocycles. The third kappa shape index (κ3) is 1.50. The molecule has 2 aromatic rings. The van der Waals surface area contributed by atoms with Crippen LogP contribution >= 0.6 is 0 Å². The lowest BCUT2D eigenvalue weighted by Crippen LogP contribution is -2.00. The van der Waals surface area contributed by atoms with Crippen LogP contribution in [0.1, 0.15) is 23.0 Å². The minimum atomic E-state index is -0.964. The van der Waals surface area contributed by atoms with E-state index in [9.17, 15) is 4.79 Å². The molecule has 0 saturated carbocycles. The first-order chi connectivity index (χ1) is 7.67. The van der Waals surface area contributed by atoms with Gasteiger partial charge in [-0.3, -0.25) is 0 Å². The van der Waals surface area contributed by atoms with Crippen LogP contribution in [0.5, 0.6) is 5.88 Å². The second-order valence-electron chi connectivity index (χ2n) is 3.39. The fourth-order valence-electron chi connectivity index (χ4n) is 1.77. The van der Waals surface area contributed by atoms with Crippen molar-refractivity contribution in [3.8, 4) is 5.88 Å². The van der Waals surface area contributed by atoms with Crippen LogP contribution in [-0.4, -0.2) is 28.2 Å². The summed E-state index contributed by atoms with van der Waals surface area (Å²) >= 11 is 0. The van der Waals surface area contributed by atoms with Gasteiger partial charge in [0.2, 0.25) is 5.88 Å². The van der Waals surface area contributed by atoms with E-state index in [0.29, 0.717) is 17.9 Å². The molecule has 0 aliphatic heterocycles. The molecule has 0 aromatic carbocycles. The van der Waals surface area contributed by atoms with E-state index in [1.807, 2.05) is 13.0 Å². The van der Waals surface area contributed by atoms with Gasteiger partial charge < -0.3 is 14.8 Å². The Morgan fingerprint density at radius 2 is 2.31 bits per heavy atom. The number of hydrogen-bond donors (Lipinski definition) is 2. The lowest BCUT2D eigenvalue weighted by molar-refractivity contribution is 0.0690. The van der Waals surface area contributed by atoms with Crippen molar-refractivity contribution in [1.82, 2.24) is 9.97 Å². The molecule has 0 unspecified atom stereocenters. The number of aromatic carboxylic acids is 1. The Balaban J connectivity index is 2.71. The predicted molar refractivity (Wildman–Crippen MR) is 59.0 cm³/mol. The number of nitrogens with zero attached hydrogens (tertiary/aromatic N) is 1. The standard InChI is InChI=1S/C11H12N2O3/c1-3-6-7-4-5-8(16-2)12-10(7)13-9(6)11(14)15/h4-5H,3H2,1-2H3,(H,12,13)(H,14,15). The third-order valence-electron chi connectivity index (χ3n) is 2.52. The van der Waals surface area contributed by atoms with Crippen molar-refractivity contribution in [1.29, 1.82) is 0 Å². The van der Waals surface area contributed by atoms with Crippen LogP contribution in [-0.2, 0) is 6.42 Å². The first kappa shape index (κ1) is 10.5. The van der Waals surface area contributed by atoms with Crippen LogP contribution in [0.25, 0.3) is 11.0 Å². The average Bonchev–Trinajstić information content (AvgIpc) is 2.66. The van der Waals surface area contributed by atoms with Gasteiger partial charge in [-0.05, 0) is 18.1 Å². The molecule has 2 heterocycles. The summed E-state index contributed by atoms with van der Waals surface area (Å²) in [7, 11) is 1.52. The van der Waals surface area contributed by atoms with Gasteiger partial charge in [0.1, 0.15) is 11.3 Å². The van der Waals surface area contributed by atoms with Gasteiger partial charge in [-0.15, -0.1) is 0 Å². The van der Waals surface area contributed by atoms with Crippen molar-refractivity contribution in [3.05, 3.63) is 23.4 Å². The van der Waals surface area contributed by atoms with Crippen molar-refractivity contribution in [3.63, 3.8) is 0 Å². The third-order valence-corrected chi connectivity index (χ3v) is 2.52. The predicted octanol–water partition coefficient (Wildman–Crippen LogP) is 1.83. The molecule has 0 saturated heterocycles. The van der Waals surface area contributed by atoms with Crippen molar-refractivity contribution in [2.75, 3.05) is 7.11 Å². The summed E-state index contributed by atoms with van der Waals surface area (Å²) in [5.74, 6) is -0.498. The van der Waals surface area contributed by atoms with Gasteiger partial charge in [-0.1, -0.05) is 6.92 Å². The molecule has 5 nitrogen and oxygen atoms in total. The number of methoxy groups -OCH3 is 1. The number of hydrogen-bond acceptors (Lipinski definition) is 3. The quantitative estimate of drug-likeness (QED) is 0.827. The van der Waals surface area contributed by atoms with Crippen LogP contribution in [0, 0.1) is 0 Å². The van der Waals surface area contributed by atoms with Gasteiger partial charge in [-0.25, -0.2) is 4.79 Å². The highest BCUT2D eigenvalue weighted by Crippen LogP contribution is 2.23. The summed E-state index contributed by atoms with van der Waals surface area (Å²) in [5, 5.41) is 9.87. The number of carboxylic acids is 1. The van der Waals surface area contributed by atoms with Crippen LogP contribution < -0.4 is 4.74 Å². The monoisotopic (exact) mass is 220 g/mol. The zero-order valence-electron chi connectivity index (χ0n) is 9.07. The highest BCUT2D eigenvalue weighted by atomic mass is 16.5. The van der Waals surface area contributed by atoms with Crippen LogP contribution in [0.2, 0.25) is 0 Å². The number of pyridine rings is 1. The highest BCUT2D eigenvalue weighted by Gasteiger charge is 2.16. The van der Waals surface area contributed by atoms with Gasteiger partial charge in [-0.2, -0.15) is 4.98 Å². The molecule has 0 aliphatic carbocycles. The van der Waals surface area contributed by atoms with E-state index in [1.54, 1.807) is 6.07 Å². The second kappa shape index (κ2) is 3.84. The zero-order chi connectivity index (χ0) is 11.7. The van der Waals surface area contributed by atoms with E-state index in [4.69, 9.17) is 9.84 Å². The van der Waals surface area contributed by atoms with Gasteiger partial charge >= 0.3 is 5.97 Å². The number of rotatable bonds is 3. The second-order valence-corrected chi connectivity index (χ2v) is 3.39.